The minimum absolute atomic E-state index is 0.302. The molecule has 1 N–H and O–H groups in total. The summed E-state index contributed by atoms with van der Waals surface area (Å²) < 4.78 is 15.3. The van der Waals surface area contributed by atoms with Gasteiger partial charge in [0.15, 0.2) is 0 Å². The van der Waals surface area contributed by atoms with Gasteiger partial charge in [-0.2, -0.15) is 0 Å². The van der Waals surface area contributed by atoms with E-state index in [1.807, 2.05) is 17.7 Å². The molecule has 1 heterocycles. The first-order chi connectivity index (χ1) is 9.11. The Morgan fingerprint density at radius 1 is 1.53 bits per heavy atom. The molecule has 19 heavy (non-hydrogen) atoms. The molecule has 0 bridgehead atoms. The number of hydrogen-bond acceptors (Lipinski definition) is 3. The zero-order chi connectivity index (χ0) is 13.8. The quantitative estimate of drug-likeness (QED) is 0.855. The number of hydrogen-bond donors (Lipinski definition) is 1. The highest BCUT2D eigenvalue weighted by molar-refractivity contribution is 7.98. The van der Waals surface area contributed by atoms with Gasteiger partial charge in [-0.05, 0) is 25.1 Å². The van der Waals surface area contributed by atoms with Gasteiger partial charge in [0, 0.05) is 23.8 Å². The molecule has 1 aromatic heterocycles. The molecule has 0 radical (unpaired) electrons. The van der Waals surface area contributed by atoms with E-state index in [0.29, 0.717) is 10.6 Å². The normalized spacial score (nSPS) is 10.6. The van der Waals surface area contributed by atoms with Gasteiger partial charge in [-0.3, -0.25) is 0 Å². The van der Waals surface area contributed by atoms with Crippen molar-refractivity contribution in [3.63, 3.8) is 0 Å². The van der Waals surface area contributed by atoms with Crippen LogP contribution in [0.15, 0.2) is 35.5 Å². The molecule has 2 rings (SSSR count). The number of aromatic carboxylic acids is 1. The zero-order valence-electron chi connectivity index (χ0n) is 10.3. The first-order valence-electron chi connectivity index (χ1n) is 5.77. The van der Waals surface area contributed by atoms with Gasteiger partial charge in [0.05, 0.1) is 11.3 Å². The van der Waals surface area contributed by atoms with E-state index in [0.717, 1.165) is 12.4 Å². The van der Waals surface area contributed by atoms with Crippen LogP contribution in [0.4, 0.5) is 4.39 Å². The summed E-state index contributed by atoms with van der Waals surface area (Å²) in [7, 11) is 0. The van der Waals surface area contributed by atoms with Crippen LogP contribution in [0.3, 0.4) is 0 Å². The highest BCUT2D eigenvalue weighted by Gasteiger charge is 2.11. The van der Waals surface area contributed by atoms with Crippen LogP contribution in [0.1, 0.15) is 23.1 Å². The predicted molar refractivity (Wildman–Crippen MR) is 70.8 cm³/mol. The number of aryl methyl sites for hydroxylation is 1. The van der Waals surface area contributed by atoms with E-state index in [-0.39, 0.29) is 5.56 Å². The SMILES string of the molecule is CCn1ccnc1CSc1ccc(F)c(C(=O)O)c1. The summed E-state index contributed by atoms with van der Waals surface area (Å²) in [6, 6.07) is 4.10. The number of imidazole rings is 1. The number of carboxylic acids is 1. The van der Waals surface area contributed by atoms with Crippen molar-refractivity contribution in [3.05, 3.63) is 47.8 Å². The highest BCUT2D eigenvalue weighted by atomic mass is 32.2. The number of benzene rings is 1. The Morgan fingerprint density at radius 3 is 3.00 bits per heavy atom. The van der Waals surface area contributed by atoms with Gasteiger partial charge < -0.3 is 9.67 Å². The van der Waals surface area contributed by atoms with Crippen molar-refractivity contribution in [3.8, 4) is 0 Å². The van der Waals surface area contributed by atoms with E-state index >= 15 is 0 Å². The van der Waals surface area contributed by atoms with Gasteiger partial charge in [0.2, 0.25) is 0 Å². The third kappa shape index (κ3) is 3.14. The Labute approximate surface area is 114 Å². The van der Waals surface area contributed by atoms with Crippen LogP contribution in [0.2, 0.25) is 0 Å². The molecular weight excluding hydrogens is 267 g/mol. The minimum Gasteiger partial charge on any atom is -0.478 e. The Kier molecular flexibility index (Phi) is 4.21. The predicted octanol–water partition coefficient (Wildman–Crippen LogP) is 3.03. The molecule has 0 saturated heterocycles. The molecule has 0 unspecified atom stereocenters. The van der Waals surface area contributed by atoms with Crippen LogP contribution in [0.5, 0.6) is 0 Å². The average molecular weight is 280 g/mol. The second-order valence-corrected chi connectivity index (χ2v) is 4.91. The molecule has 6 heteroatoms. The number of aromatic nitrogens is 2. The van der Waals surface area contributed by atoms with Gasteiger partial charge in [0.25, 0.3) is 0 Å². The third-order valence-corrected chi connectivity index (χ3v) is 3.67. The second kappa shape index (κ2) is 5.88. The van der Waals surface area contributed by atoms with E-state index < -0.39 is 11.8 Å². The lowest BCUT2D eigenvalue weighted by molar-refractivity contribution is 0.0691. The van der Waals surface area contributed by atoms with E-state index in [1.54, 1.807) is 12.3 Å². The van der Waals surface area contributed by atoms with Gasteiger partial charge in [-0.1, -0.05) is 0 Å². The zero-order valence-corrected chi connectivity index (χ0v) is 11.2. The molecule has 0 aliphatic carbocycles. The molecule has 0 fully saturated rings. The molecule has 0 spiro atoms. The summed E-state index contributed by atoms with van der Waals surface area (Å²) in [4.78, 5) is 15.8. The molecule has 4 nitrogen and oxygen atoms in total. The van der Waals surface area contributed by atoms with Gasteiger partial charge in [-0.25, -0.2) is 14.2 Å². The molecular formula is C13H13FN2O2S. The fourth-order valence-corrected chi connectivity index (χ4v) is 2.58. The lowest BCUT2D eigenvalue weighted by Crippen LogP contribution is -2.01. The molecule has 100 valence electrons. The van der Waals surface area contributed by atoms with E-state index in [9.17, 15) is 9.18 Å². The van der Waals surface area contributed by atoms with Gasteiger partial charge >= 0.3 is 5.97 Å². The number of carboxylic acid groups (broad SMARTS) is 1. The molecule has 1 aromatic carbocycles. The van der Waals surface area contributed by atoms with Crippen LogP contribution < -0.4 is 0 Å². The lowest BCUT2D eigenvalue weighted by Gasteiger charge is -2.05. The smallest absolute Gasteiger partial charge is 0.338 e. The van der Waals surface area contributed by atoms with E-state index in [1.165, 1.54) is 23.9 Å². The number of nitrogens with zero attached hydrogens (tertiary/aromatic N) is 2. The fraction of sp³-hybridized carbons (Fsp3) is 0.231. The van der Waals surface area contributed by atoms with Gasteiger partial charge in [0.1, 0.15) is 11.6 Å². The summed E-state index contributed by atoms with van der Waals surface area (Å²) in [5.41, 5.74) is -0.302. The first-order valence-corrected chi connectivity index (χ1v) is 6.76. The van der Waals surface area contributed by atoms with Crippen molar-refractivity contribution < 1.29 is 14.3 Å². The molecule has 0 aliphatic rings. The number of thioether (sulfide) groups is 1. The van der Waals surface area contributed by atoms with E-state index in [4.69, 9.17) is 5.11 Å². The molecule has 2 aromatic rings. The topological polar surface area (TPSA) is 55.1 Å². The number of carbonyl (C=O) groups is 1. The Hall–Kier alpha value is -1.82. The van der Waals surface area contributed by atoms with Crippen molar-refractivity contribution in [2.24, 2.45) is 0 Å². The van der Waals surface area contributed by atoms with Crippen molar-refractivity contribution in [2.75, 3.05) is 0 Å². The third-order valence-electron chi connectivity index (χ3n) is 2.68. The second-order valence-electron chi connectivity index (χ2n) is 3.86. The van der Waals surface area contributed by atoms with Crippen LogP contribution in [-0.2, 0) is 12.3 Å². The van der Waals surface area contributed by atoms with Crippen LogP contribution >= 0.6 is 11.8 Å². The van der Waals surface area contributed by atoms with Crippen LogP contribution in [0.25, 0.3) is 0 Å². The van der Waals surface area contributed by atoms with Crippen molar-refractivity contribution in [1.82, 2.24) is 9.55 Å². The summed E-state index contributed by atoms with van der Waals surface area (Å²) >= 11 is 1.43. The summed E-state index contributed by atoms with van der Waals surface area (Å²) in [5.74, 6) is -0.443. The highest BCUT2D eigenvalue weighted by Crippen LogP contribution is 2.24. The molecule has 0 amide bonds. The Bertz CT molecular complexity index is 598. The van der Waals surface area contributed by atoms with Crippen molar-refractivity contribution >= 4 is 17.7 Å². The van der Waals surface area contributed by atoms with Crippen molar-refractivity contribution in [1.29, 1.82) is 0 Å². The first kappa shape index (κ1) is 13.6. The number of rotatable bonds is 5. The average Bonchev–Trinajstić information content (AvgIpc) is 2.84. The monoisotopic (exact) mass is 280 g/mol. The van der Waals surface area contributed by atoms with Gasteiger partial charge in [-0.15, -0.1) is 11.8 Å². The maximum Gasteiger partial charge on any atom is 0.338 e. The standard InChI is InChI=1S/C13H13FN2O2S/c1-2-16-6-5-15-12(16)8-19-9-3-4-11(14)10(7-9)13(17)18/h3-7H,2,8H2,1H3,(H,17,18). The molecule has 0 aliphatic heterocycles. The fourth-order valence-electron chi connectivity index (χ4n) is 1.67. The minimum atomic E-state index is -1.25. The summed E-state index contributed by atoms with van der Waals surface area (Å²) in [6.45, 7) is 2.86. The number of halogens is 1. The molecule has 0 saturated carbocycles. The maximum absolute atomic E-state index is 13.2. The lowest BCUT2D eigenvalue weighted by atomic mass is 10.2. The largest absolute Gasteiger partial charge is 0.478 e. The van der Waals surface area contributed by atoms with Crippen LogP contribution in [0, 0.1) is 5.82 Å². The Morgan fingerprint density at radius 2 is 2.32 bits per heavy atom. The summed E-state index contributed by atoms with van der Waals surface area (Å²) in [5, 5.41) is 8.86. The summed E-state index contributed by atoms with van der Waals surface area (Å²) in [6.07, 6.45) is 3.62. The van der Waals surface area contributed by atoms with Crippen LogP contribution in [-0.4, -0.2) is 20.6 Å². The Balaban J connectivity index is 2.12. The molecule has 0 atom stereocenters. The van der Waals surface area contributed by atoms with Crippen molar-refractivity contribution in [2.45, 2.75) is 24.1 Å². The maximum atomic E-state index is 13.2. The van der Waals surface area contributed by atoms with E-state index in [2.05, 4.69) is 4.98 Å².